The number of carbonyl (C=O) groups excluding carboxylic acids is 1. The van der Waals surface area contributed by atoms with E-state index < -0.39 is 11.4 Å². The second-order valence-corrected chi connectivity index (χ2v) is 7.50. The van der Waals surface area contributed by atoms with E-state index in [0.717, 1.165) is 15.6 Å². The highest BCUT2D eigenvalue weighted by atomic mass is 32.1. The first-order chi connectivity index (χ1) is 11.0. The van der Waals surface area contributed by atoms with Crippen molar-refractivity contribution < 1.29 is 19.4 Å². The van der Waals surface area contributed by atoms with Crippen LogP contribution in [0.15, 0.2) is 16.8 Å². The summed E-state index contributed by atoms with van der Waals surface area (Å²) < 4.78 is 5.19. The van der Waals surface area contributed by atoms with Gasteiger partial charge in [-0.2, -0.15) is 0 Å². The normalized spacial score (nSPS) is 20.6. The molecule has 0 saturated carbocycles. The molecule has 2 aromatic heterocycles. The van der Waals surface area contributed by atoms with Gasteiger partial charge in [0.15, 0.2) is 0 Å². The van der Waals surface area contributed by atoms with Crippen LogP contribution in [0.5, 0.6) is 0 Å². The molecule has 1 fully saturated rings. The molecule has 3 heterocycles. The summed E-state index contributed by atoms with van der Waals surface area (Å²) in [4.78, 5) is 29.0. The van der Waals surface area contributed by atoms with Crippen LogP contribution in [0.25, 0.3) is 10.6 Å². The number of rotatable bonds is 5. The summed E-state index contributed by atoms with van der Waals surface area (Å²) in [5, 5.41) is 16.8. The lowest BCUT2D eigenvalue weighted by molar-refractivity contribution is -0.148. The number of amides is 1. The number of hydrogen-bond donors (Lipinski definition) is 2. The molecule has 1 saturated heterocycles. The second kappa shape index (κ2) is 6.38. The van der Waals surface area contributed by atoms with E-state index in [1.165, 1.54) is 11.3 Å². The van der Waals surface area contributed by atoms with Crippen LogP contribution in [-0.2, 0) is 9.53 Å². The van der Waals surface area contributed by atoms with Crippen molar-refractivity contribution in [2.45, 2.75) is 13.3 Å². The summed E-state index contributed by atoms with van der Waals surface area (Å²) in [6.45, 7) is 2.55. The molecule has 1 atom stereocenters. The lowest BCUT2D eigenvalue weighted by atomic mass is 9.87. The molecule has 122 valence electrons. The Morgan fingerprint density at radius 2 is 2.26 bits per heavy atom. The van der Waals surface area contributed by atoms with Gasteiger partial charge in [-0.25, -0.2) is 4.98 Å². The molecule has 6 nitrogen and oxygen atoms in total. The molecule has 1 unspecified atom stereocenters. The van der Waals surface area contributed by atoms with Crippen LogP contribution in [0.4, 0.5) is 0 Å². The number of thiazole rings is 1. The number of nitrogens with zero attached hydrogens (tertiary/aromatic N) is 1. The number of carbonyl (C=O) groups is 2. The lowest BCUT2D eigenvalue weighted by Crippen LogP contribution is -2.43. The maximum atomic E-state index is 12.3. The number of hydrogen-bond acceptors (Lipinski definition) is 6. The first kappa shape index (κ1) is 16.1. The third kappa shape index (κ3) is 3.29. The number of aliphatic carboxylic acids is 1. The van der Waals surface area contributed by atoms with Crippen LogP contribution in [-0.4, -0.2) is 41.7 Å². The zero-order valence-corrected chi connectivity index (χ0v) is 14.1. The fourth-order valence-electron chi connectivity index (χ4n) is 2.41. The van der Waals surface area contributed by atoms with Crippen molar-refractivity contribution in [3.05, 3.63) is 27.4 Å². The zero-order chi connectivity index (χ0) is 16.4. The van der Waals surface area contributed by atoms with E-state index in [1.54, 1.807) is 22.8 Å². The molecular weight excluding hydrogens is 336 g/mol. The summed E-state index contributed by atoms with van der Waals surface area (Å²) in [6, 6.07) is 1.78. The minimum atomic E-state index is -1.01. The Kier molecular flexibility index (Phi) is 4.47. The quantitative estimate of drug-likeness (QED) is 0.863. The molecule has 1 amide bonds. The van der Waals surface area contributed by atoms with Crippen LogP contribution >= 0.6 is 22.7 Å². The molecule has 3 rings (SSSR count). The van der Waals surface area contributed by atoms with Crippen molar-refractivity contribution in [2.24, 2.45) is 5.41 Å². The summed E-state index contributed by atoms with van der Waals surface area (Å²) in [5.41, 5.74) is 0.374. The van der Waals surface area contributed by atoms with Gasteiger partial charge in [-0.15, -0.1) is 22.7 Å². The van der Waals surface area contributed by atoms with Crippen molar-refractivity contribution in [1.82, 2.24) is 10.3 Å². The highest BCUT2D eigenvalue weighted by Gasteiger charge is 2.42. The van der Waals surface area contributed by atoms with E-state index in [0.29, 0.717) is 18.6 Å². The van der Waals surface area contributed by atoms with Crippen molar-refractivity contribution in [3.8, 4) is 10.6 Å². The fourth-order valence-corrected chi connectivity index (χ4v) is 3.95. The smallest absolute Gasteiger partial charge is 0.313 e. The molecule has 1 aliphatic rings. The minimum absolute atomic E-state index is 0.0716. The number of carboxylic acids is 1. The predicted octanol–water partition coefficient (Wildman–Crippen LogP) is 2.40. The van der Waals surface area contributed by atoms with Gasteiger partial charge in [0.2, 0.25) is 0 Å². The van der Waals surface area contributed by atoms with E-state index in [4.69, 9.17) is 4.74 Å². The number of nitrogens with one attached hydrogen (secondary N) is 1. The van der Waals surface area contributed by atoms with Crippen molar-refractivity contribution in [1.29, 1.82) is 0 Å². The van der Waals surface area contributed by atoms with Crippen molar-refractivity contribution in [3.63, 3.8) is 0 Å². The molecule has 0 bridgehead atoms. The van der Waals surface area contributed by atoms with E-state index in [-0.39, 0.29) is 19.1 Å². The largest absolute Gasteiger partial charge is 0.481 e. The van der Waals surface area contributed by atoms with E-state index in [2.05, 4.69) is 10.3 Å². The predicted molar refractivity (Wildman–Crippen MR) is 88.0 cm³/mol. The van der Waals surface area contributed by atoms with Gasteiger partial charge < -0.3 is 15.2 Å². The first-order valence-corrected chi connectivity index (χ1v) is 8.86. The van der Waals surface area contributed by atoms with Crippen LogP contribution < -0.4 is 5.32 Å². The molecule has 23 heavy (non-hydrogen) atoms. The number of ether oxygens (including phenoxy) is 1. The monoisotopic (exact) mass is 352 g/mol. The average molecular weight is 352 g/mol. The molecule has 0 aromatic carbocycles. The Balaban J connectivity index is 1.67. The topological polar surface area (TPSA) is 88.5 Å². The Hall–Kier alpha value is -1.77. The third-order valence-corrected chi connectivity index (χ3v) is 5.60. The van der Waals surface area contributed by atoms with Crippen molar-refractivity contribution >= 4 is 34.6 Å². The van der Waals surface area contributed by atoms with E-state index in [1.807, 2.05) is 12.3 Å². The molecule has 2 aromatic rings. The molecule has 1 aliphatic heterocycles. The molecule has 8 heteroatoms. The van der Waals surface area contributed by atoms with Gasteiger partial charge in [-0.05, 0) is 19.4 Å². The van der Waals surface area contributed by atoms with Crippen LogP contribution in [0.3, 0.4) is 0 Å². The molecule has 0 spiro atoms. The summed E-state index contributed by atoms with van der Waals surface area (Å²) in [7, 11) is 0. The summed E-state index contributed by atoms with van der Waals surface area (Å²) >= 11 is 3.01. The average Bonchev–Trinajstić information content (AvgIpc) is 3.25. The minimum Gasteiger partial charge on any atom is -0.481 e. The fraction of sp³-hybridized carbons (Fsp3) is 0.400. The van der Waals surface area contributed by atoms with E-state index in [9.17, 15) is 14.7 Å². The Labute approximate surface area is 141 Å². The Bertz CT molecular complexity index is 731. The maximum Gasteiger partial charge on any atom is 0.313 e. The number of thiophene rings is 1. The van der Waals surface area contributed by atoms with Gasteiger partial charge in [0.1, 0.15) is 5.41 Å². The number of carboxylic acid groups (broad SMARTS) is 1. The van der Waals surface area contributed by atoms with Gasteiger partial charge in [0, 0.05) is 23.9 Å². The maximum absolute atomic E-state index is 12.3. The number of aryl methyl sites for hydroxylation is 1. The van der Waals surface area contributed by atoms with Gasteiger partial charge in [-0.3, -0.25) is 9.59 Å². The van der Waals surface area contributed by atoms with Crippen LogP contribution in [0, 0.1) is 12.3 Å². The molecule has 0 aliphatic carbocycles. The summed E-state index contributed by atoms with van der Waals surface area (Å²) in [6.07, 6.45) is 0.412. The van der Waals surface area contributed by atoms with Gasteiger partial charge in [-0.1, -0.05) is 0 Å². The third-order valence-electron chi connectivity index (χ3n) is 3.88. The second-order valence-electron chi connectivity index (χ2n) is 5.52. The van der Waals surface area contributed by atoms with Crippen LogP contribution in [0.2, 0.25) is 0 Å². The van der Waals surface area contributed by atoms with Crippen molar-refractivity contribution in [2.75, 3.05) is 19.8 Å². The molecule has 2 N–H and O–H groups in total. The molecule has 0 radical (unpaired) electrons. The highest BCUT2D eigenvalue weighted by Crippen LogP contribution is 2.30. The SMILES string of the molecule is Cc1nc(-c2cc(C(=O)NCC3(C(=O)O)CCOC3)cs2)cs1. The van der Waals surface area contributed by atoms with E-state index >= 15 is 0 Å². The standard InChI is InChI=1S/C15H16N2O4S2/c1-9-17-11(6-22-9)12-4-10(5-23-12)13(18)16-7-15(14(19)20)2-3-21-8-15/h4-6H,2-3,7-8H2,1H3,(H,16,18)(H,19,20). The zero-order valence-electron chi connectivity index (χ0n) is 12.5. The lowest BCUT2D eigenvalue weighted by Gasteiger charge is -2.22. The Morgan fingerprint density at radius 1 is 1.43 bits per heavy atom. The van der Waals surface area contributed by atoms with Crippen LogP contribution in [0.1, 0.15) is 21.8 Å². The van der Waals surface area contributed by atoms with Gasteiger partial charge in [0.25, 0.3) is 5.91 Å². The molecular formula is C15H16N2O4S2. The Morgan fingerprint density at radius 3 is 2.87 bits per heavy atom. The van der Waals surface area contributed by atoms with Gasteiger partial charge >= 0.3 is 5.97 Å². The number of aromatic nitrogens is 1. The highest BCUT2D eigenvalue weighted by molar-refractivity contribution is 7.14. The first-order valence-electron chi connectivity index (χ1n) is 7.10. The van der Waals surface area contributed by atoms with Gasteiger partial charge in [0.05, 0.1) is 27.7 Å². The summed E-state index contributed by atoms with van der Waals surface area (Å²) in [5.74, 6) is -1.20.